The van der Waals surface area contributed by atoms with Crippen LogP contribution in [0.15, 0.2) is 36.5 Å². The van der Waals surface area contributed by atoms with E-state index in [0.717, 1.165) is 42.3 Å². The van der Waals surface area contributed by atoms with Crippen molar-refractivity contribution in [3.63, 3.8) is 0 Å². The standard InChI is InChI=1S/C27H35NO6/c1-17-10-11-21-18(2)24(31-25-27(21)20(17)12-13-26(3,32-25)33-34-27)30-16-6-15-29-22-9-4-7-19-8-5-14-28-23(19)22/h4-5,7-9,14,17-18,20-21,24-25H,6,10-13,15-16H2,1-3H3/t17-,18-,20?,21+,24+,25-,26-,27-/m1/s1. The summed E-state index contributed by atoms with van der Waals surface area (Å²) >= 11 is 0. The molecule has 1 saturated carbocycles. The first kappa shape index (κ1) is 22.7. The second-order valence-electron chi connectivity index (χ2n) is 10.7. The maximum absolute atomic E-state index is 6.48. The summed E-state index contributed by atoms with van der Waals surface area (Å²) in [5.41, 5.74) is 0.343. The fourth-order valence-electron chi connectivity index (χ4n) is 6.70. The van der Waals surface area contributed by atoms with E-state index >= 15 is 0 Å². The lowest BCUT2D eigenvalue weighted by molar-refractivity contribution is -0.577. The molecule has 2 bridgehead atoms. The van der Waals surface area contributed by atoms with Crippen LogP contribution in [0, 0.1) is 23.7 Å². The highest BCUT2D eigenvalue weighted by Gasteiger charge is 2.69. The normalized spacial score (nSPS) is 41.1. The molecular weight excluding hydrogens is 434 g/mol. The van der Waals surface area contributed by atoms with Gasteiger partial charge in [-0.3, -0.25) is 4.98 Å². The first-order valence-electron chi connectivity index (χ1n) is 12.8. The first-order valence-corrected chi connectivity index (χ1v) is 12.8. The molecule has 0 amide bonds. The average Bonchev–Trinajstić information content (AvgIpc) is 3.08. The number of hydrogen-bond donors (Lipinski definition) is 0. The molecule has 0 N–H and O–H groups in total. The predicted octanol–water partition coefficient (Wildman–Crippen LogP) is 5.23. The minimum Gasteiger partial charge on any atom is -0.491 e. The zero-order valence-corrected chi connectivity index (χ0v) is 20.3. The van der Waals surface area contributed by atoms with Crippen molar-refractivity contribution in [3.8, 4) is 5.75 Å². The van der Waals surface area contributed by atoms with Gasteiger partial charge in [-0.2, -0.15) is 0 Å². The van der Waals surface area contributed by atoms with E-state index in [9.17, 15) is 0 Å². The van der Waals surface area contributed by atoms with Crippen LogP contribution in [-0.2, 0) is 24.0 Å². The van der Waals surface area contributed by atoms with Crippen molar-refractivity contribution in [1.82, 2.24) is 4.98 Å². The molecule has 7 heteroatoms. The number of hydrogen-bond acceptors (Lipinski definition) is 7. The molecule has 1 spiro atoms. The monoisotopic (exact) mass is 469 g/mol. The zero-order valence-electron chi connectivity index (χ0n) is 20.3. The Kier molecular flexibility index (Phi) is 5.81. The third kappa shape index (κ3) is 3.64. The molecule has 7 nitrogen and oxygen atoms in total. The predicted molar refractivity (Wildman–Crippen MR) is 125 cm³/mol. The largest absolute Gasteiger partial charge is 0.491 e. The SMILES string of the molecule is C[C@H]1[C@@H](OCCCOc2cccc3cccnc23)O[C@@H]2O[C@@]3(C)CCC4[C@H](C)CC[C@@H]1[C@]42OO3. The van der Waals surface area contributed by atoms with E-state index < -0.39 is 17.7 Å². The Balaban J connectivity index is 1.10. The number of benzene rings is 1. The van der Waals surface area contributed by atoms with E-state index in [-0.39, 0.29) is 18.1 Å². The topological polar surface area (TPSA) is 68.3 Å². The average molecular weight is 470 g/mol. The van der Waals surface area contributed by atoms with E-state index in [1.54, 1.807) is 6.20 Å². The van der Waals surface area contributed by atoms with Crippen LogP contribution in [0.4, 0.5) is 0 Å². The van der Waals surface area contributed by atoms with Crippen LogP contribution in [0.1, 0.15) is 52.9 Å². The van der Waals surface area contributed by atoms with E-state index in [2.05, 4.69) is 18.8 Å². The highest BCUT2D eigenvalue weighted by Crippen LogP contribution is 2.60. The van der Waals surface area contributed by atoms with Gasteiger partial charge < -0.3 is 18.9 Å². The van der Waals surface area contributed by atoms with Gasteiger partial charge in [-0.25, -0.2) is 9.78 Å². The Hall–Kier alpha value is -1.77. The van der Waals surface area contributed by atoms with Crippen LogP contribution in [0.3, 0.4) is 0 Å². The van der Waals surface area contributed by atoms with Gasteiger partial charge in [-0.05, 0) is 50.2 Å². The van der Waals surface area contributed by atoms with Crippen molar-refractivity contribution in [2.45, 2.75) is 76.8 Å². The van der Waals surface area contributed by atoms with Crippen LogP contribution in [0.2, 0.25) is 0 Å². The number of ether oxygens (including phenoxy) is 4. The Bertz CT molecular complexity index is 1030. The van der Waals surface area contributed by atoms with E-state index in [0.29, 0.717) is 25.0 Å². The first-order chi connectivity index (χ1) is 16.5. The lowest BCUT2D eigenvalue weighted by Gasteiger charge is -2.60. The van der Waals surface area contributed by atoms with Crippen LogP contribution < -0.4 is 4.74 Å². The van der Waals surface area contributed by atoms with Crippen molar-refractivity contribution in [1.29, 1.82) is 0 Å². The molecule has 4 saturated heterocycles. The molecule has 2 aromatic rings. The Morgan fingerprint density at radius 1 is 1.03 bits per heavy atom. The summed E-state index contributed by atoms with van der Waals surface area (Å²) < 4.78 is 25.2. The van der Waals surface area contributed by atoms with E-state index in [4.69, 9.17) is 28.7 Å². The van der Waals surface area contributed by atoms with E-state index in [1.165, 1.54) is 6.42 Å². The van der Waals surface area contributed by atoms with Crippen LogP contribution in [-0.4, -0.2) is 42.2 Å². The molecule has 0 radical (unpaired) electrons. The minimum atomic E-state index is -0.761. The molecule has 5 fully saturated rings. The summed E-state index contributed by atoms with van der Waals surface area (Å²) in [6, 6.07) is 9.98. The van der Waals surface area contributed by atoms with Crippen LogP contribution >= 0.6 is 0 Å². The van der Waals surface area contributed by atoms with Gasteiger partial charge in [0, 0.05) is 36.3 Å². The van der Waals surface area contributed by atoms with Crippen molar-refractivity contribution >= 4 is 10.9 Å². The summed E-state index contributed by atoms with van der Waals surface area (Å²) in [7, 11) is 0. The highest BCUT2D eigenvalue weighted by molar-refractivity contribution is 5.84. The Labute approximate surface area is 200 Å². The van der Waals surface area contributed by atoms with Crippen LogP contribution in [0.5, 0.6) is 5.75 Å². The van der Waals surface area contributed by atoms with Gasteiger partial charge in [-0.15, -0.1) is 0 Å². The van der Waals surface area contributed by atoms with Gasteiger partial charge in [0.05, 0.1) is 13.2 Å². The summed E-state index contributed by atoms with van der Waals surface area (Å²) in [5.74, 6) is 1.43. The smallest absolute Gasteiger partial charge is 0.201 e. The molecule has 184 valence electrons. The fraction of sp³-hybridized carbons (Fsp3) is 0.667. The zero-order chi connectivity index (χ0) is 23.3. The maximum atomic E-state index is 6.48. The Morgan fingerprint density at radius 2 is 1.91 bits per heavy atom. The van der Waals surface area contributed by atoms with Crippen molar-refractivity contribution in [2.24, 2.45) is 23.7 Å². The van der Waals surface area contributed by atoms with Gasteiger partial charge in [0.15, 0.2) is 18.2 Å². The molecule has 1 aliphatic carbocycles. The number of aromatic nitrogens is 1. The molecule has 1 aromatic heterocycles. The number of rotatable bonds is 6. The minimum absolute atomic E-state index is 0.184. The lowest BCUT2D eigenvalue weighted by atomic mass is 9.58. The Morgan fingerprint density at radius 3 is 2.82 bits per heavy atom. The molecule has 4 aliphatic heterocycles. The van der Waals surface area contributed by atoms with Gasteiger partial charge >= 0.3 is 0 Å². The van der Waals surface area contributed by atoms with Crippen molar-refractivity contribution < 1.29 is 28.7 Å². The molecular formula is C27H35NO6. The fourth-order valence-corrected chi connectivity index (χ4v) is 6.70. The summed E-state index contributed by atoms with van der Waals surface area (Å²) in [5, 5.41) is 1.08. The van der Waals surface area contributed by atoms with Crippen LogP contribution in [0.25, 0.3) is 10.9 Å². The van der Waals surface area contributed by atoms with Crippen molar-refractivity contribution in [3.05, 3.63) is 36.5 Å². The number of pyridine rings is 1. The molecule has 34 heavy (non-hydrogen) atoms. The molecule has 1 aromatic carbocycles. The molecule has 1 unspecified atom stereocenters. The molecule has 7 rings (SSSR count). The third-order valence-electron chi connectivity index (χ3n) is 8.52. The molecule has 5 aliphatic rings. The van der Waals surface area contributed by atoms with Crippen molar-refractivity contribution in [2.75, 3.05) is 13.2 Å². The second kappa shape index (κ2) is 8.71. The molecule has 5 heterocycles. The number of fused-ring (bicyclic) bond motifs is 3. The third-order valence-corrected chi connectivity index (χ3v) is 8.52. The summed E-state index contributed by atoms with van der Waals surface area (Å²) in [6.45, 7) is 7.60. The van der Waals surface area contributed by atoms with Gasteiger partial charge in [0.1, 0.15) is 11.3 Å². The number of para-hydroxylation sites is 1. The van der Waals surface area contributed by atoms with Gasteiger partial charge in [-0.1, -0.05) is 32.0 Å². The maximum Gasteiger partial charge on any atom is 0.201 e. The highest BCUT2D eigenvalue weighted by atomic mass is 17.3. The van der Waals surface area contributed by atoms with E-state index in [1.807, 2.05) is 37.3 Å². The molecule has 8 atom stereocenters. The van der Waals surface area contributed by atoms with Gasteiger partial charge in [0.2, 0.25) is 5.79 Å². The lowest BCUT2D eigenvalue weighted by Crippen LogP contribution is -2.70. The number of nitrogens with zero attached hydrogens (tertiary/aromatic N) is 1. The summed E-state index contributed by atoms with van der Waals surface area (Å²) in [4.78, 5) is 16.5. The quantitative estimate of drug-likeness (QED) is 0.424. The second-order valence-corrected chi connectivity index (χ2v) is 10.7. The summed E-state index contributed by atoms with van der Waals surface area (Å²) in [6.07, 6.45) is 5.86. The van der Waals surface area contributed by atoms with Gasteiger partial charge in [0.25, 0.3) is 0 Å².